The molecule has 5 rings (SSSR count). The summed E-state index contributed by atoms with van der Waals surface area (Å²) in [7, 11) is 0. The van der Waals surface area contributed by atoms with Crippen LogP contribution in [0.25, 0.3) is 11.3 Å². The van der Waals surface area contributed by atoms with Gasteiger partial charge >= 0.3 is 0 Å². The maximum atomic E-state index is 14.4. The first-order valence-corrected chi connectivity index (χ1v) is 16.0. The smallest absolute Gasteiger partial charge is 0.256 e. The van der Waals surface area contributed by atoms with Crippen molar-refractivity contribution in [1.29, 1.82) is 0 Å². The third-order valence-electron chi connectivity index (χ3n) is 8.40. The largest absolute Gasteiger partial charge is 0.488 e. The van der Waals surface area contributed by atoms with E-state index in [4.69, 9.17) is 9.72 Å². The van der Waals surface area contributed by atoms with Crippen LogP contribution in [0.4, 0.5) is 10.1 Å². The second-order valence-corrected chi connectivity index (χ2v) is 12.5. The fourth-order valence-electron chi connectivity index (χ4n) is 5.81. The number of aryl methyl sites for hydroxylation is 1. The quantitative estimate of drug-likeness (QED) is 0.230. The zero-order valence-corrected chi connectivity index (χ0v) is 27.1. The van der Waals surface area contributed by atoms with Crippen molar-refractivity contribution in [2.24, 2.45) is 0 Å². The number of rotatable bonds is 7. The van der Waals surface area contributed by atoms with E-state index < -0.39 is 0 Å². The van der Waals surface area contributed by atoms with Gasteiger partial charge < -0.3 is 15.0 Å². The number of amides is 1. The first kappa shape index (κ1) is 32.2. The summed E-state index contributed by atoms with van der Waals surface area (Å²) in [6.07, 6.45) is 0.932. The van der Waals surface area contributed by atoms with Gasteiger partial charge in [0.15, 0.2) is 0 Å². The molecule has 0 radical (unpaired) electrons. The van der Waals surface area contributed by atoms with Crippen molar-refractivity contribution >= 4 is 11.6 Å². The van der Waals surface area contributed by atoms with Crippen LogP contribution in [0.3, 0.4) is 0 Å². The number of ether oxygens (including phenoxy) is 1. The Balaban J connectivity index is 1.48. The molecule has 0 unspecified atom stereocenters. The van der Waals surface area contributed by atoms with Gasteiger partial charge in [0.1, 0.15) is 18.2 Å². The SMILES string of the molecule is Cc1ccc(OCc2ccccc2)c(-c2ccc(C(=O)N3CCN(C(C)C)CCCNc4cc(F)ccc4C3)c(C(C)C)n2)c1. The van der Waals surface area contributed by atoms with Crippen molar-refractivity contribution in [1.82, 2.24) is 14.8 Å². The number of fused-ring (bicyclic) bond motifs is 1. The number of nitrogens with zero attached hydrogens (tertiary/aromatic N) is 3. The maximum Gasteiger partial charge on any atom is 0.256 e. The minimum absolute atomic E-state index is 0.0153. The van der Waals surface area contributed by atoms with Crippen LogP contribution in [0.2, 0.25) is 0 Å². The zero-order valence-electron chi connectivity index (χ0n) is 27.1. The molecule has 4 aromatic rings. The first-order chi connectivity index (χ1) is 21.7. The molecule has 1 aliphatic heterocycles. The topological polar surface area (TPSA) is 57.7 Å². The van der Waals surface area contributed by atoms with E-state index in [1.807, 2.05) is 59.5 Å². The van der Waals surface area contributed by atoms with Crippen molar-refractivity contribution in [2.75, 3.05) is 31.5 Å². The number of aromatic nitrogens is 1. The highest BCUT2D eigenvalue weighted by atomic mass is 19.1. The van der Waals surface area contributed by atoms with Crippen molar-refractivity contribution in [2.45, 2.75) is 66.2 Å². The van der Waals surface area contributed by atoms with Gasteiger partial charge in [0.05, 0.1) is 17.0 Å². The third-order valence-corrected chi connectivity index (χ3v) is 8.40. The summed E-state index contributed by atoms with van der Waals surface area (Å²) in [4.78, 5) is 23.8. The van der Waals surface area contributed by atoms with Gasteiger partial charge in [-0.3, -0.25) is 14.7 Å². The Labute approximate surface area is 267 Å². The Kier molecular flexibility index (Phi) is 10.5. The lowest BCUT2D eigenvalue weighted by Gasteiger charge is -2.30. The van der Waals surface area contributed by atoms with E-state index in [1.54, 1.807) is 6.07 Å². The highest BCUT2D eigenvalue weighted by molar-refractivity contribution is 5.96. The molecule has 1 aromatic heterocycles. The zero-order chi connectivity index (χ0) is 31.9. The molecule has 1 aliphatic rings. The average molecular weight is 609 g/mol. The predicted octanol–water partition coefficient (Wildman–Crippen LogP) is 8.07. The van der Waals surface area contributed by atoms with Gasteiger partial charge in [-0.1, -0.05) is 61.9 Å². The van der Waals surface area contributed by atoms with Crippen molar-refractivity contribution in [3.63, 3.8) is 0 Å². The Morgan fingerprint density at radius 1 is 0.956 bits per heavy atom. The minimum Gasteiger partial charge on any atom is -0.488 e. The normalized spacial score (nSPS) is 14.5. The summed E-state index contributed by atoms with van der Waals surface area (Å²) in [6, 6.07) is 25.2. The van der Waals surface area contributed by atoms with Crippen molar-refractivity contribution in [3.8, 4) is 17.0 Å². The lowest BCUT2D eigenvalue weighted by Crippen LogP contribution is -2.41. The highest BCUT2D eigenvalue weighted by Gasteiger charge is 2.25. The second-order valence-electron chi connectivity index (χ2n) is 12.5. The molecule has 0 saturated heterocycles. The highest BCUT2D eigenvalue weighted by Crippen LogP contribution is 2.33. The molecule has 0 atom stereocenters. The molecule has 0 saturated carbocycles. The molecule has 7 heteroatoms. The molecular weight excluding hydrogens is 563 g/mol. The summed E-state index contributed by atoms with van der Waals surface area (Å²) in [5, 5.41) is 3.42. The molecule has 0 aliphatic carbocycles. The number of hydrogen-bond donors (Lipinski definition) is 1. The van der Waals surface area contributed by atoms with E-state index in [2.05, 4.69) is 50.9 Å². The van der Waals surface area contributed by atoms with Crippen LogP contribution in [0.1, 0.15) is 72.8 Å². The van der Waals surface area contributed by atoms with Crippen LogP contribution in [-0.4, -0.2) is 52.9 Å². The molecule has 45 heavy (non-hydrogen) atoms. The number of benzene rings is 3. The molecule has 0 fully saturated rings. The molecule has 2 heterocycles. The standard InChI is InChI=1S/C38H45FN4O2/c1-26(2)37-32(15-16-34(41-37)33-22-28(5)12-17-36(33)45-25-29-10-7-6-8-11-29)38(44)43-21-20-42(27(3)4)19-9-18-40-35-23-31(39)14-13-30(35)24-43/h6-8,10-17,22-23,26-27,40H,9,18-21,24-25H2,1-5H3. The van der Waals surface area contributed by atoms with Crippen molar-refractivity contribution < 1.29 is 13.9 Å². The Morgan fingerprint density at radius 2 is 1.76 bits per heavy atom. The number of pyridine rings is 1. The number of carbonyl (C=O) groups excluding carboxylic acids is 1. The Bertz CT molecular complexity index is 1610. The molecule has 0 spiro atoms. The van der Waals surface area contributed by atoms with E-state index in [-0.39, 0.29) is 17.6 Å². The molecule has 0 bridgehead atoms. The minimum atomic E-state index is -0.289. The molecule has 1 amide bonds. The summed E-state index contributed by atoms with van der Waals surface area (Å²) in [5.74, 6) is 0.410. The molecule has 6 nitrogen and oxygen atoms in total. The first-order valence-electron chi connectivity index (χ1n) is 16.0. The lowest BCUT2D eigenvalue weighted by atomic mass is 9.99. The summed E-state index contributed by atoms with van der Waals surface area (Å²) >= 11 is 0. The van der Waals surface area contributed by atoms with Crippen LogP contribution in [-0.2, 0) is 13.2 Å². The van der Waals surface area contributed by atoms with Crippen molar-refractivity contribution in [3.05, 3.63) is 113 Å². The number of hydrogen-bond acceptors (Lipinski definition) is 5. The Morgan fingerprint density at radius 3 is 2.51 bits per heavy atom. The van der Waals surface area contributed by atoms with Gasteiger partial charge in [0.2, 0.25) is 0 Å². The monoisotopic (exact) mass is 608 g/mol. The molecule has 3 aromatic carbocycles. The van der Waals surface area contributed by atoms with Gasteiger partial charge in [0.25, 0.3) is 5.91 Å². The van der Waals surface area contributed by atoms with Crippen LogP contribution in [0.5, 0.6) is 5.75 Å². The fourth-order valence-corrected chi connectivity index (χ4v) is 5.81. The fraction of sp³-hybridized carbons (Fsp3) is 0.368. The van der Waals surface area contributed by atoms with E-state index >= 15 is 0 Å². The number of anilines is 1. The summed E-state index contributed by atoms with van der Waals surface area (Å²) in [6.45, 7) is 14.4. The van der Waals surface area contributed by atoms with Gasteiger partial charge in [-0.15, -0.1) is 0 Å². The van der Waals surface area contributed by atoms with E-state index in [1.165, 1.54) is 12.1 Å². The van der Waals surface area contributed by atoms with Gasteiger partial charge in [-0.25, -0.2) is 4.39 Å². The number of carbonyl (C=O) groups is 1. The summed E-state index contributed by atoms with van der Waals surface area (Å²) in [5.41, 5.74) is 6.85. The van der Waals surface area contributed by atoms with Gasteiger partial charge in [-0.05, 0) is 80.6 Å². The average Bonchev–Trinajstić information content (AvgIpc) is 3.07. The van der Waals surface area contributed by atoms with E-state index in [9.17, 15) is 9.18 Å². The maximum absolute atomic E-state index is 14.4. The van der Waals surface area contributed by atoms with E-state index in [0.717, 1.165) is 71.1 Å². The van der Waals surface area contributed by atoms with E-state index in [0.29, 0.717) is 31.3 Å². The van der Waals surface area contributed by atoms with Crippen LogP contribution >= 0.6 is 0 Å². The lowest BCUT2D eigenvalue weighted by molar-refractivity contribution is 0.0710. The second kappa shape index (κ2) is 14.7. The Hall–Kier alpha value is -4.23. The third kappa shape index (κ3) is 8.08. The van der Waals surface area contributed by atoms with Gasteiger partial charge in [0, 0.05) is 50.0 Å². The van der Waals surface area contributed by atoms with Gasteiger partial charge in [-0.2, -0.15) is 0 Å². The molecule has 236 valence electrons. The van der Waals surface area contributed by atoms with Crippen LogP contribution in [0.15, 0.2) is 78.9 Å². The number of nitrogens with one attached hydrogen (secondary N) is 1. The molecular formula is C38H45FN4O2. The van der Waals surface area contributed by atoms with Crippen LogP contribution in [0, 0.1) is 12.7 Å². The predicted molar refractivity (Wildman–Crippen MR) is 180 cm³/mol. The number of halogens is 1. The van der Waals surface area contributed by atoms with Crippen LogP contribution < -0.4 is 10.1 Å². The summed E-state index contributed by atoms with van der Waals surface area (Å²) < 4.78 is 20.5. The molecule has 1 N–H and O–H groups in total.